The predicted molar refractivity (Wildman–Crippen MR) is 131 cm³/mol. The lowest BCUT2D eigenvalue weighted by Crippen LogP contribution is -2.45. The quantitative estimate of drug-likeness (QED) is 0.617. The molecule has 36 heavy (non-hydrogen) atoms. The molecule has 3 aliphatic heterocycles. The van der Waals surface area contributed by atoms with Crippen LogP contribution in [0.1, 0.15) is 59.7 Å². The van der Waals surface area contributed by atoms with E-state index in [2.05, 4.69) is 0 Å². The predicted octanol–water partition coefficient (Wildman–Crippen LogP) is 3.64. The molecule has 8 heteroatoms. The number of ether oxygens (including phenoxy) is 1. The number of piperidine rings is 1. The Labute approximate surface area is 210 Å². The lowest BCUT2D eigenvalue weighted by Gasteiger charge is -2.36. The molecule has 190 valence electrons. The summed E-state index contributed by atoms with van der Waals surface area (Å²) in [4.78, 5) is 40.4. The lowest BCUT2D eigenvalue weighted by molar-refractivity contribution is -0.148. The van der Waals surface area contributed by atoms with Gasteiger partial charge in [-0.2, -0.15) is 0 Å². The van der Waals surface area contributed by atoms with Crippen molar-refractivity contribution in [3.8, 4) is 0 Å². The molecule has 3 saturated heterocycles. The van der Waals surface area contributed by atoms with Crippen LogP contribution in [-0.2, 0) is 16.0 Å². The van der Waals surface area contributed by atoms with Gasteiger partial charge in [-0.05, 0) is 61.8 Å². The van der Waals surface area contributed by atoms with Crippen molar-refractivity contribution < 1.29 is 29.3 Å². The molecule has 2 N–H and O–H groups in total. The molecule has 0 aromatic heterocycles. The van der Waals surface area contributed by atoms with Crippen molar-refractivity contribution in [2.45, 2.75) is 56.7 Å². The van der Waals surface area contributed by atoms with Gasteiger partial charge in [-0.1, -0.05) is 42.5 Å². The average Bonchev–Trinajstić information content (AvgIpc) is 3.48. The zero-order valence-corrected chi connectivity index (χ0v) is 20.2. The Kier molecular flexibility index (Phi) is 6.71. The maximum absolute atomic E-state index is 13.0. The van der Waals surface area contributed by atoms with Gasteiger partial charge < -0.3 is 19.8 Å². The number of carbonyl (C=O) groups is 3. The second-order valence-electron chi connectivity index (χ2n) is 10.2. The highest BCUT2D eigenvalue weighted by molar-refractivity contribution is 5.94. The van der Waals surface area contributed by atoms with Crippen LogP contribution >= 0.6 is 0 Å². The number of likely N-dealkylation sites (tertiary alicyclic amines) is 2. The zero-order chi connectivity index (χ0) is 25.3. The Balaban J connectivity index is 1.21. The zero-order valence-electron chi connectivity index (χ0n) is 20.2. The second-order valence-corrected chi connectivity index (χ2v) is 10.2. The van der Waals surface area contributed by atoms with E-state index in [9.17, 15) is 24.6 Å². The van der Waals surface area contributed by atoms with E-state index < -0.39 is 23.7 Å². The third kappa shape index (κ3) is 4.57. The van der Waals surface area contributed by atoms with E-state index >= 15 is 0 Å². The number of aliphatic hydroxyl groups excluding tert-OH is 1. The number of cyclic esters (lactones) is 1. The van der Waals surface area contributed by atoms with Gasteiger partial charge in [0.15, 0.2) is 0 Å². The number of carbonyl (C=O) groups excluding carboxylic acids is 2. The van der Waals surface area contributed by atoms with Crippen LogP contribution in [0, 0.1) is 5.41 Å². The summed E-state index contributed by atoms with van der Waals surface area (Å²) in [6.07, 6.45) is 1.89. The molecule has 8 nitrogen and oxygen atoms in total. The molecule has 0 unspecified atom stereocenters. The molecule has 3 heterocycles. The highest BCUT2D eigenvalue weighted by Crippen LogP contribution is 2.40. The number of hydrogen-bond acceptors (Lipinski definition) is 5. The molecule has 0 bridgehead atoms. The highest BCUT2D eigenvalue weighted by atomic mass is 16.5. The standard InChI is InChI=1S/C28H32N2O6/c31-24(20-4-2-1-3-5-20)23-11-10-22(30(23)27(34)35)18-19-6-8-21(9-7-19)25(32)29-15-12-28(13-16-29)14-17-36-26(28)33/h1-9,22-24,31H,10-18H2,(H,34,35)/t22-,23+,24+/m0/s1. The number of aliphatic hydroxyl groups is 1. The lowest BCUT2D eigenvalue weighted by atomic mass is 9.77. The molecule has 3 aliphatic rings. The first-order valence-corrected chi connectivity index (χ1v) is 12.7. The minimum Gasteiger partial charge on any atom is -0.465 e. The first-order valence-electron chi connectivity index (χ1n) is 12.7. The summed E-state index contributed by atoms with van der Waals surface area (Å²) in [5.74, 6) is -0.179. The number of nitrogens with zero attached hydrogens (tertiary/aromatic N) is 2. The molecule has 3 fully saturated rings. The van der Waals surface area contributed by atoms with E-state index in [-0.39, 0.29) is 17.9 Å². The Bertz CT molecular complexity index is 1110. The normalized spacial score (nSPS) is 24.1. The molecule has 0 radical (unpaired) electrons. The molecule has 0 aliphatic carbocycles. The summed E-state index contributed by atoms with van der Waals surface area (Å²) in [6.45, 7) is 1.55. The Morgan fingerprint density at radius 3 is 2.31 bits per heavy atom. The Morgan fingerprint density at radius 2 is 1.69 bits per heavy atom. The van der Waals surface area contributed by atoms with Crippen LogP contribution < -0.4 is 0 Å². The topological polar surface area (TPSA) is 107 Å². The Hall–Kier alpha value is -3.39. The second kappa shape index (κ2) is 9.93. The summed E-state index contributed by atoms with van der Waals surface area (Å²) in [6, 6.07) is 15.8. The molecular formula is C28H32N2O6. The van der Waals surface area contributed by atoms with Crippen LogP contribution in [0.15, 0.2) is 54.6 Å². The highest BCUT2D eigenvalue weighted by Gasteiger charge is 2.47. The summed E-state index contributed by atoms with van der Waals surface area (Å²) in [7, 11) is 0. The first-order chi connectivity index (χ1) is 17.4. The van der Waals surface area contributed by atoms with E-state index in [0.29, 0.717) is 62.9 Å². The monoisotopic (exact) mass is 492 g/mol. The van der Waals surface area contributed by atoms with Crippen molar-refractivity contribution in [2.75, 3.05) is 19.7 Å². The minimum atomic E-state index is -1.03. The maximum atomic E-state index is 13.0. The van der Waals surface area contributed by atoms with Crippen molar-refractivity contribution in [3.05, 3.63) is 71.3 Å². The molecule has 3 atom stereocenters. The van der Waals surface area contributed by atoms with E-state index in [1.807, 2.05) is 42.5 Å². The summed E-state index contributed by atoms with van der Waals surface area (Å²) in [5, 5.41) is 20.8. The summed E-state index contributed by atoms with van der Waals surface area (Å²) < 4.78 is 5.16. The largest absolute Gasteiger partial charge is 0.465 e. The van der Waals surface area contributed by atoms with E-state index in [1.165, 1.54) is 4.90 Å². The smallest absolute Gasteiger partial charge is 0.407 e. The van der Waals surface area contributed by atoms with Gasteiger partial charge in [0.25, 0.3) is 5.91 Å². The van der Waals surface area contributed by atoms with Crippen LogP contribution in [0.4, 0.5) is 4.79 Å². The number of benzene rings is 2. The fourth-order valence-corrected chi connectivity index (χ4v) is 6.02. The third-order valence-electron chi connectivity index (χ3n) is 8.20. The van der Waals surface area contributed by atoms with Gasteiger partial charge in [-0.15, -0.1) is 0 Å². The molecule has 1 spiro atoms. The van der Waals surface area contributed by atoms with Gasteiger partial charge in [0.05, 0.1) is 24.2 Å². The van der Waals surface area contributed by atoms with Crippen molar-refractivity contribution in [1.82, 2.24) is 9.80 Å². The van der Waals surface area contributed by atoms with Crippen LogP contribution in [0.5, 0.6) is 0 Å². The summed E-state index contributed by atoms with van der Waals surface area (Å²) in [5.41, 5.74) is 1.83. The summed E-state index contributed by atoms with van der Waals surface area (Å²) >= 11 is 0. The SMILES string of the molecule is O=C(c1ccc(C[C@@H]2CC[C@H]([C@H](O)c3ccccc3)N2C(=O)O)cc1)N1CCC2(CCOC2=O)CC1. The van der Waals surface area contributed by atoms with Crippen LogP contribution in [0.3, 0.4) is 0 Å². The van der Waals surface area contributed by atoms with Crippen molar-refractivity contribution in [3.63, 3.8) is 0 Å². The molecule has 5 rings (SSSR count). The van der Waals surface area contributed by atoms with Crippen LogP contribution in [0.25, 0.3) is 0 Å². The number of esters is 1. The number of hydrogen-bond donors (Lipinski definition) is 2. The first kappa shape index (κ1) is 24.3. The minimum absolute atomic E-state index is 0.0539. The molecule has 2 aromatic carbocycles. The van der Waals surface area contributed by atoms with Gasteiger partial charge in [0.1, 0.15) is 0 Å². The van der Waals surface area contributed by atoms with Gasteiger partial charge in [-0.3, -0.25) is 14.5 Å². The van der Waals surface area contributed by atoms with Gasteiger partial charge in [-0.25, -0.2) is 4.79 Å². The van der Waals surface area contributed by atoms with Gasteiger partial charge >= 0.3 is 12.1 Å². The van der Waals surface area contributed by atoms with Crippen LogP contribution in [-0.4, -0.2) is 69.8 Å². The number of amides is 2. The van der Waals surface area contributed by atoms with Gasteiger partial charge in [0, 0.05) is 24.7 Å². The van der Waals surface area contributed by atoms with E-state index in [0.717, 1.165) is 12.0 Å². The van der Waals surface area contributed by atoms with Crippen LogP contribution in [0.2, 0.25) is 0 Å². The van der Waals surface area contributed by atoms with E-state index in [4.69, 9.17) is 4.74 Å². The van der Waals surface area contributed by atoms with Crippen molar-refractivity contribution in [2.24, 2.45) is 5.41 Å². The molecule has 2 amide bonds. The third-order valence-corrected chi connectivity index (χ3v) is 8.20. The van der Waals surface area contributed by atoms with Crippen molar-refractivity contribution in [1.29, 1.82) is 0 Å². The molecular weight excluding hydrogens is 460 g/mol. The van der Waals surface area contributed by atoms with E-state index in [1.54, 1.807) is 17.0 Å². The molecule has 0 saturated carbocycles. The number of rotatable bonds is 5. The fraction of sp³-hybridized carbons (Fsp3) is 0.464. The Morgan fingerprint density at radius 1 is 1.00 bits per heavy atom. The average molecular weight is 493 g/mol. The molecule has 2 aromatic rings. The van der Waals surface area contributed by atoms with Gasteiger partial charge in [0.2, 0.25) is 0 Å². The number of carboxylic acid groups (broad SMARTS) is 1. The van der Waals surface area contributed by atoms with Crippen molar-refractivity contribution >= 4 is 18.0 Å². The fourth-order valence-electron chi connectivity index (χ4n) is 6.02. The maximum Gasteiger partial charge on any atom is 0.407 e.